The van der Waals surface area contributed by atoms with Gasteiger partial charge in [-0.25, -0.2) is 9.37 Å². The minimum atomic E-state index is -4.50. The highest BCUT2D eigenvalue weighted by molar-refractivity contribution is 5.99. The summed E-state index contributed by atoms with van der Waals surface area (Å²) in [5, 5.41) is 5.65. The summed E-state index contributed by atoms with van der Waals surface area (Å²) < 4.78 is 50.6. The van der Waals surface area contributed by atoms with Crippen LogP contribution in [0.3, 0.4) is 0 Å². The van der Waals surface area contributed by atoms with Crippen LogP contribution in [0.5, 0.6) is 0 Å². The Hall–Kier alpha value is -2.25. The molecule has 4 nitrogen and oxygen atoms in total. The number of Topliss-reactive ketones (excluding diaryl/α,β-unsaturated/α-hetero) is 1. The zero-order valence-corrected chi connectivity index (χ0v) is 9.28. The first-order valence-corrected chi connectivity index (χ1v) is 5.11. The molecule has 0 fully saturated rings. The quantitative estimate of drug-likeness (QED) is 0.691. The van der Waals surface area contributed by atoms with Gasteiger partial charge < -0.3 is 0 Å². The van der Waals surface area contributed by atoms with E-state index in [4.69, 9.17) is 0 Å². The molecular weight excluding hydrogens is 266 g/mol. The molecule has 1 atom stereocenters. The SMILES string of the molecule is O=C(c1ccc(C(F)(F)F)cc1)C(F)c1nc[nH]n1. The van der Waals surface area contributed by atoms with Crippen LogP contribution in [-0.4, -0.2) is 21.0 Å². The number of aromatic nitrogens is 3. The Morgan fingerprint density at radius 3 is 2.32 bits per heavy atom. The Labute approximate surface area is 104 Å². The fourth-order valence-electron chi connectivity index (χ4n) is 1.43. The van der Waals surface area contributed by atoms with Gasteiger partial charge in [-0.1, -0.05) is 12.1 Å². The second-order valence-electron chi connectivity index (χ2n) is 3.66. The molecule has 1 N–H and O–H groups in total. The molecule has 1 aromatic carbocycles. The number of nitrogens with zero attached hydrogens (tertiary/aromatic N) is 2. The van der Waals surface area contributed by atoms with Crippen LogP contribution in [0, 0.1) is 0 Å². The molecule has 0 aliphatic carbocycles. The average Bonchev–Trinajstić information content (AvgIpc) is 2.90. The number of carbonyl (C=O) groups is 1. The molecule has 0 spiro atoms. The minimum absolute atomic E-state index is 0.176. The van der Waals surface area contributed by atoms with Crippen LogP contribution in [-0.2, 0) is 6.18 Å². The summed E-state index contributed by atoms with van der Waals surface area (Å²) in [4.78, 5) is 15.1. The predicted molar refractivity (Wildman–Crippen MR) is 56.0 cm³/mol. The van der Waals surface area contributed by atoms with E-state index in [0.717, 1.165) is 30.6 Å². The highest BCUT2D eigenvalue weighted by atomic mass is 19.4. The lowest BCUT2D eigenvalue weighted by molar-refractivity contribution is -0.137. The highest BCUT2D eigenvalue weighted by Crippen LogP contribution is 2.29. The van der Waals surface area contributed by atoms with Crippen molar-refractivity contribution >= 4 is 5.78 Å². The molecule has 0 saturated heterocycles. The smallest absolute Gasteiger partial charge is 0.290 e. The van der Waals surface area contributed by atoms with Gasteiger partial charge in [-0.2, -0.15) is 18.3 Å². The van der Waals surface area contributed by atoms with Crippen molar-refractivity contribution < 1.29 is 22.4 Å². The van der Waals surface area contributed by atoms with Gasteiger partial charge in [0, 0.05) is 5.56 Å². The van der Waals surface area contributed by atoms with Crippen molar-refractivity contribution in [2.24, 2.45) is 0 Å². The van der Waals surface area contributed by atoms with Gasteiger partial charge in [0.25, 0.3) is 0 Å². The molecule has 100 valence electrons. The Morgan fingerprint density at radius 2 is 1.84 bits per heavy atom. The molecule has 2 rings (SSSR count). The molecule has 2 aromatic rings. The standard InChI is InChI=1S/C11H7F4N3O/c12-8(10-16-5-17-18-10)9(19)6-1-3-7(4-2-6)11(13,14)15/h1-5,8H,(H,16,17,18). The third kappa shape index (κ3) is 2.78. The monoisotopic (exact) mass is 273 g/mol. The summed E-state index contributed by atoms with van der Waals surface area (Å²) in [6, 6.07) is 3.28. The minimum Gasteiger partial charge on any atom is -0.290 e. The zero-order chi connectivity index (χ0) is 14.0. The van der Waals surface area contributed by atoms with E-state index in [-0.39, 0.29) is 11.4 Å². The van der Waals surface area contributed by atoms with Gasteiger partial charge in [0.2, 0.25) is 12.0 Å². The van der Waals surface area contributed by atoms with Gasteiger partial charge >= 0.3 is 6.18 Å². The van der Waals surface area contributed by atoms with Crippen LogP contribution >= 0.6 is 0 Å². The third-order valence-corrected chi connectivity index (χ3v) is 2.39. The summed E-state index contributed by atoms with van der Waals surface area (Å²) in [7, 11) is 0. The van der Waals surface area contributed by atoms with Crippen LogP contribution in [0.4, 0.5) is 17.6 Å². The number of nitrogens with one attached hydrogen (secondary N) is 1. The van der Waals surface area contributed by atoms with Crippen LogP contribution < -0.4 is 0 Å². The maximum Gasteiger partial charge on any atom is 0.416 e. The Balaban J connectivity index is 2.21. The van der Waals surface area contributed by atoms with E-state index in [9.17, 15) is 22.4 Å². The number of benzene rings is 1. The van der Waals surface area contributed by atoms with Crippen LogP contribution in [0.2, 0.25) is 0 Å². The van der Waals surface area contributed by atoms with Crippen molar-refractivity contribution in [3.63, 3.8) is 0 Å². The molecule has 1 aromatic heterocycles. The largest absolute Gasteiger partial charge is 0.416 e. The normalized spacial score (nSPS) is 13.3. The van der Waals surface area contributed by atoms with Crippen molar-refractivity contribution in [2.45, 2.75) is 12.3 Å². The first kappa shape index (κ1) is 13.2. The number of rotatable bonds is 3. The molecule has 0 aliphatic rings. The van der Waals surface area contributed by atoms with Crippen molar-refractivity contribution in [3.8, 4) is 0 Å². The van der Waals surface area contributed by atoms with E-state index >= 15 is 0 Å². The molecule has 0 saturated carbocycles. The summed E-state index contributed by atoms with van der Waals surface area (Å²) in [5.41, 5.74) is -1.08. The molecule has 1 heterocycles. The van der Waals surface area contributed by atoms with Crippen molar-refractivity contribution in [1.29, 1.82) is 0 Å². The summed E-state index contributed by atoms with van der Waals surface area (Å²) in [6.45, 7) is 0. The van der Waals surface area contributed by atoms with E-state index in [1.54, 1.807) is 0 Å². The van der Waals surface area contributed by atoms with E-state index in [1.807, 2.05) is 0 Å². The van der Waals surface area contributed by atoms with Crippen LogP contribution in [0.1, 0.15) is 27.9 Å². The van der Waals surface area contributed by atoms with Gasteiger partial charge in [-0.3, -0.25) is 9.89 Å². The first-order chi connectivity index (χ1) is 8.89. The summed E-state index contributed by atoms with van der Waals surface area (Å²) in [5.74, 6) is -1.35. The number of ketones is 1. The maximum absolute atomic E-state index is 13.7. The van der Waals surface area contributed by atoms with Crippen LogP contribution in [0.15, 0.2) is 30.6 Å². The van der Waals surface area contributed by atoms with Gasteiger partial charge in [-0.15, -0.1) is 0 Å². The van der Waals surface area contributed by atoms with Gasteiger partial charge in [0.15, 0.2) is 5.82 Å². The molecular formula is C11H7F4N3O. The van der Waals surface area contributed by atoms with Crippen LogP contribution in [0.25, 0.3) is 0 Å². The number of aromatic amines is 1. The van der Waals surface area contributed by atoms with E-state index < -0.39 is 23.7 Å². The fraction of sp³-hybridized carbons (Fsp3) is 0.182. The predicted octanol–water partition coefficient (Wildman–Crippen LogP) is 2.72. The van der Waals surface area contributed by atoms with Crippen molar-refractivity contribution in [2.75, 3.05) is 0 Å². The average molecular weight is 273 g/mol. The Bertz CT molecular complexity index is 563. The van der Waals surface area contributed by atoms with E-state index in [2.05, 4.69) is 15.2 Å². The maximum atomic E-state index is 13.7. The molecule has 0 bridgehead atoms. The topological polar surface area (TPSA) is 58.6 Å². The van der Waals surface area contributed by atoms with E-state index in [0.29, 0.717) is 0 Å². The van der Waals surface area contributed by atoms with Crippen molar-refractivity contribution in [1.82, 2.24) is 15.2 Å². The number of halogens is 4. The molecule has 1 unspecified atom stereocenters. The highest BCUT2D eigenvalue weighted by Gasteiger charge is 2.31. The Kier molecular flexibility index (Phi) is 3.32. The lowest BCUT2D eigenvalue weighted by atomic mass is 10.0. The van der Waals surface area contributed by atoms with E-state index in [1.165, 1.54) is 0 Å². The summed E-state index contributed by atoms with van der Waals surface area (Å²) in [6.07, 6.45) is -5.51. The molecule has 0 amide bonds. The third-order valence-electron chi connectivity index (χ3n) is 2.39. The number of alkyl halides is 4. The molecule has 8 heteroatoms. The first-order valence-electron chi connectivity index (χ1n) is 5.11. The number of carbonyl (C=O) groups excluding carboxylic acids is 1. The van der Waals surface area contributed by atoms with Gasteiger partial charge in [0.1, 0.15) is 6.33 Å². The zero-order valence-electron chi connectivity index (χ0n) is 9.28. The summed E-state index contributed by atoms with van der Waals surface area (Å²) >= 11 is 0. The molecule has 0 aliphatic heterocycles. The molecule has 19 heavy (non-hydrogen) atoms. The van der Waals surface area contributed by atoms with Gasteiger partial charge in [-0.05, 0) is 12.1 Å². The second kappa shape index (κ2) is 4.79. The molecule has 0 radical (unpaired) electrons. The number of hydrogen-bond acceptors (Lipinski definition) is 3. The Morgan fingerprint density at radius 1 is 1.21 bits per heavy atom. The second-order valence-corrected chi connectivity index (χ2v) is 3.66. The number of H-pyrrole nitrogens is 1. The fourth-order valence-corrected chi connectivity index (χ4v) is 1.43. The lowest BCUT2D eigenvalue weighted by Crippen LogP contribution is -2.11. The number of hydrogen-bond donors (Lipinski definition) is 1. The van der Waals surface area contributed by atoms with Gasteiger partial charge in [0.05, 0.1) is 5.56 Å². The van der Waals surface area contributed by atoms with Crippen molar-refractivity contribution in [3.05, 3.63) is 47.5 Å². The lowest BCUT2D eigenvalue weighted by Gasteiger charge is -2.08.